The van der Waals surface area contributed by atoms with Gasteiger partial charge in [0.2, 0.25) is 0 Å². The summed E-state index contributed by atoms with van der Waals surface area (Å²) >= 11 is 5.95. The van der Waals surface area contributed by atoms with E-state index in [4.69, 9.17) is 11.6 Å². The quantitative estimate of drug-likeness (QED) is 0.773. The maximum Gasteiger partial charge on any atom is 0.368 e. The van der Waals surface area contributed by atoms with Gasteiger partial charge in [0.25, 0.3) is 0 Å². The number of rotatable bonds is 3. The van der Waals surface area contributed by atoms with Crippen LogP contribution in [0.3, 0.4) is 0 Å². The molecule has 0 spiro atoms. The summed E-state index contributed by atoms with van der Waals surface area (Å²) in [5.74, 6) is 0.350. The van der Waals surface area contributed by atoms with Crippen LogP contribution in [-0.4, -0.2) is 19.8 Å². The zero-order valence-corrected chi connectivity index (χ0v) is 10.5. The number of halogens is 1. The molecule has 90 valence electrons. The number of benzene rings is 1. The van der Waals surface area contributed by atoms with Gasteiger partial charge in [0.1, 0.15) is 0 Å². The van der Waals surface area contributed by atoms with Crippen molar-refractivity contribution in [1.82, 2.24) is 19.8 Å². The van der Waals surface area contributed by atoms with Crippen molar-refractivity contribution in [1.29, 1.82) is 0 Å². The fraction of sp³-hybridized carbons (Fsp3) is 0.364. The molecular weight excluding hydrogens is 240 g/mol. The molecule has 1 heterocycles. The highest BCUT2D eigenvalue weighted by atomic mass is 35.5. The van der Waals surface area contributed by atoms with Gasteiger partial charge in [-0.15, -0.1) is 11.6 Å². The second-order valence-electron chi connectivity index (χ2n) is 3.70. The highest BCUT2D eigenvalue weighted by Crippen LogP contribution is 2.19. The SMILES string of the molecule is CCc1cccc(-n2nnn(C)c2=O)c1CCl. The van der Waals surface area contributed by atoms with E-state index in [0.717, 1.165) is 17.5 Å². The summed E-state index contributed by atoms with van der Waals surface area (Å²) in [5, 5.41) is 7.53. The molecular formula is C11H13ClN4O. The van der Waals surface area contributed by atoms with Crippen LogP contribution >= 0.6 is 11.6 Å². The smallest absolute Gasteiger partial charge is 0.244 e. The van der Waals surface area contributed by atoms with Gasteiger partial charge in [-0.1, -0.05) is 19.1 Å². The maximum atomic E-state index is 11.8. The molecule has 0 aliphatic rings. The first kappa shape index (κ1) is 11.9. The molecule has 5 nitrogen and oxygen atoms in total. The Hall–Kier alpha value is -1.62. The van der Waals surface area contributed by atoms with Crippen LogP contribution in [0.25, 0.3) is 5.69 Å². The van der Waals surface area contributed by atoms with Crippen molar-refractivity contribution in [2.75, 3.05) is 0 Å². The fourth-order valence-corrected chi connectivity index (χ4v) is 2.08. The van der Waals surface area contributed by atoms with E-state index in [-0.39, 0.29) is 5.69 Å². The van der Waals surface area contributed by atoms with Crippen molar-refractivity contribution in [3.63, 3.8) is 0 Å². The van der Waals surface area contributed by atoms with Crippen molar-refractivity contribution in [2.45, 2.75) is 19.2 Å². The Balaban J connectivity index is 2.67. The lowest BCUT2D eigenvalue weighted by Crippen LogP contribution is -2.23. The lowest BCUT2D eigenvalue weighted by atomic mass is 10.0. The summed E-state index contributed by atoms with van der Waals surface area (Å²) in [6.07, 6.45) is 0.866. The molecule has 17 heavy (non-hydrogen) atoms. The van der Waals surface area contributed by atoms with Crippen LogP contribution in [0.1, 0.15) is 18.1 Å². The molecule has 0 aliphatic heterocycles. The Bertz CT molecular complexity index is 587. The second-order valence-corrected chi connectivity index (χ2v) is 3.97. The normalized spacial score (nSPS) is 10.8. The van der Waals surface area contributed by atoms with Gasteiger partial charge >= 0.3 is 5.69 Å². The van der Waals surface area contributed by atoms with Crippen LogP contribution in [0.5, 0.6) is 0 Å². The third-order valence-electron chi connectivity index (χ3n) is 2.71. The Labute approximate surface area is 104 Å². The van der Waals surface area contributed by atoms with Crippen LogP contribution in [0, 0.1) is 0 Å². The van der Waals surface area contributed by atoms with Crippen LogP contribution in [-0.2, 0) is 19.3 Å². The number of hydrogen-bond acceptors (Lipinski definition) is 3. The number of tetrazole rings is 1. The van der Waals surface area contributed by atoms with Gasteiger partial charge in [0.15, 0.2) is 0 Å². The molecule has 1 aromatic carbocycles. The summed E-state index contributed by atoms with van der Waals surface area (Å²) in [4.78, 5) is 11.8. The molecule has 0 atom stereocenters. The highest BCUT2D eigenvalue weighted by Gasteiger charge is 2.12. The molecule has 2 rings (SSSR count). The molecule has 2 aromatic rings. The Morgan fingerprint density at radius 1 is 1.35 bits per heavy atom. The average molecular weight is 253 g/mol. The van der Waals surface area contributed by atoms with Crippen molar-refractivity contribution in [3.8, 4) is 5.69 Å². The molecule has 0 unspecified atom stereocenters. The van der Waals surface area contributed by atoms with Gasteiger partial charge < -0.3 is 0 Å². The van der Waals surface area contributed by atoms with E-state index in [1.807, 2.05) is 18.2 Å². The van der Waals surface area contributed by atoms with E-state index in [9.17, 15) is 4.79 Å². The number of aryl methyl sites for hydroxylation is 2. The van der Waals surface area contributed by atoms with Gasteiger partial charge in [-0.2, -0.15) is 9.36 Å². The number of hydrogen-bond donors (Lipinski definition) is 0. The molecule has 0 N–H and O–H groups in total. The summed E-state index contributed by atoms with van der Waals surface area (Å²) < 4.78 is 2.47. The van der Waals surface area contributed by atoms with Gasteiger partial charge in [-0.3, -0.25) is 0 Å². The van der Waals surface area contributed by atoms with Crippen molar-refractivity contribution >= 4 is 11.6 Å². The van der Waals surface area contributed by atoms with Crippen molar-refractivity contribution in [2.24, 2.45) is 7.05 Å². The zero-order chi connectivity index (χ0) is 12.4. The van der Waals surface area contributed by atoms with Crippen LogP contribution in [0.4, 0.5) is 0 Å². The Morgan fingerprint density at radius 2 is 2.12 bits per heavy atom. The van der Waals surface area contributed by atoms with Gasteiger partial charge in [0.05, 0.1) is 5.69 Å². The largest absolute Gasteiger partial charge is 0.368 e. The van der Waals surface area contributed by atoms with E-state index in [1.54, 1.807) is 7.05 Å². The lowest BCUT2D eigenvalue weighted by molar-refractivity contribution is 0.692. The highest BCUT2D eigenvalue weighted by molar-refractivity contribution is 6.17. The topological polar surface area (TPSA) is 52.7 Å². The van der Waals surface area contributed by atoms with Crippen molar-refractivity contribution in [3.05, 3.63) is 39.8 Å². The predicted molar refractivity (Wildman–Crippen MR) is 65.5 cm³/mol. The van der Waals surface area contributed by atoms with E-state index in [2.05, 4.69) is 17.4 Å². The van der Waals surface area contributed by atoms with E-state index < -0.39 is 0 Å². The van der Waals surface area contributed by atoms with Crippen LogP contribution < -0.4 is 5.69 Å². The summed E-state index contributed by atoms with van der Waals surface area (Å²) in [7, 11) is 1.57. The molecule has 0 fully saturated rings. The monoisotopic (exact) mass is 252 g/mol. The number of nitrogens with zero attached hydrogens (tertiary/aromatic N) is 4. The standard InChI is InChI=1S/C11H13ClN4O/c1-3-8-5-4-6-10(9(8)7-12)16-11(17)15(2)13-14-16/h4-6H,3,7H2,1-2H3. The van der Waals surface area contributed by atoms with Gasteiger partial charge in [-0.05, 0) is 34.0 Å². The average Bonchev–Trinajstić information content (AvgIpc) is 2.69. The first-order chi connectivity index (χ1) is 8.19. The summed E-state index contributed by atoms with van der Waals surface area (Å²) in [6.45, 7) is 2.05. The maximum absolute atomic E-state index is 11.8. The lowest BCUT2D eigenvalue weighted by Gasteiger charge is -2.09. The predicted octanol–water partition coefficient (Wildman–Crippen LogP) is 1.27. The van der Waals surface area contributed by atoms with E-state index in [1.165, 1.54) is 9.36 Å². The van der Waals surface area contributed by atoms with Crippen molar-refractivity contribution < 1.29 is 0 Å². The van der Waals surface area contributed by atoms with E-state index in [0.29, 0.717) is 11.6 Å². The molecule has 0 saturated heterocycles. The molecule has 0 amide bonds. The molecule has 0 radical (unpaired) electrons. The first-order valence-electron chi connectivity index (χ1n) is 5.35. The van der Waals surface area contributed by atoms with Crippen LogP contribution in [0.2, 0.25) is 0 Å². The zero-order valence-electron chi connectivity index (χ0n) is 9.72. The first-order valence-corrected chi connectivity index (χ1v) is 5.88. The minimum atomic E-state index is -0.274. The molecule has 1 aromatic heterocycles. The Morgan fingerprint density at radius 3 is 2.65 bits per heavy atom. The summed E-state index contributed by atoms with van der Waals surface area (Å²) in [5.41, 5.74) is 2.48. The molecule has 0 aliphatic carbocycles. The minimum Gasteiger partial charge on any atom is -0.244 e. The van der Waals surface area contributed by atoms with Gasteiger partial charge in [0, 0.05) is 12.9 Å². The minimum absolute atomic E-state index is 0.274. The number of alkyl halides is 1. The Kier molecular flexibility index (Phi) is 3.28. The second kappa shape index (κ2) is 4.71. The number of aromatic nitrogens is 4. The van der Waals surface area contributed by atoms with E-state index >= 15 is 0 Å². The van der Waals surface area contributed by atoms with Gasteiger partial charge in [-0.25, -0.2) is 4.79 Å². The fourth-order valence-electron chi connectivity index (χ4n) is 1.77. The molecule has 6 heteroatoms. The van der Waals surface area contributed by atoms with Crippen LogP contribution in [0.15, 0.2) is 23.0 Å². The molecule has 0 saturated carbocycles. The third kappa shape index (κ3) is 1.98. The summed E-state index contributed by atoms with van der Waals surface area (Å²) in [6, 6.07) is 5.72. The molecule has 0 bridgehead atoms. The third-order valence-corrected chi connectivity index (χ3v) is 2.98.